The molecule has 0 aliphatic rings. The molecule has 0 saturated carbocycles. The van der Waals surface area contributed by atoms with Gasteiger partial charge in [0.05, 0.1) is 0 Å². The third-order valence-electron chi connectivity index (χ3n) is 3.19. The maximum atomic E-state index is 3.78. The first-order chi connectivity index (χ1) is 7.61. The maximum Gasteiger partial charge on any atom is 0.0220 e. The highest BCUT2D eigenvalue weighted by Gasteiger charge is 2.18. The van der Waals surface area contributed by atoms with Crippen LogP contribution in [0.2, 0.25) is 0 Å². The van der Waals surface area contributed by atoms with Crippen molar-refractivity contribution in [3.8, 4) is 0 Å². The number of hydrogen-bond donors (Lipinski definition) is 1. The van der Waals surface area contributed by atoms with E-state index in [1.807, 2.05) is 0 Å². The van der Waals surface area contributed by atoms with Crippen LogP contribution in [0, 0.1) is 11.3 Å². The van der Waals surface area contributed by atoms with Crippen LogP contribution in [-0.4, -0.2) is 37.6 Å². The van der Waals surface area contributed by atoms with Crippen molar-refractivity contribution >= 4 is 0 Å². The number of rotatable bonds is 7. The summed E-state index contributed by atoms with van der Waals surface area (Å²) in [5, 5.41) is 3.78. The first kappa shape index (κ1) is 16.9. The van der Waals surface area contributed by atoms with E-state index in [1.54, 1.807) is 0 Å². The average molecular weight is 242 g/mol. The lowest BCUT2D eigenvalue weighted by atomic mass is 9.88. The first-order valence-electron chi connectivity index (χ1n) is 7.02. The highest BCUT2D eigenvalue weighted by molar-refractivity contribution is 4.77. The fourth-order valence-corrected chi connectivity index (χ4v) is 1.95. The Labute approximate surface area is 109 Å². The third kappa shape index (κ3) is 9.61. The van der Waals surface area contributed by atoms with Gasteiger partial charge in [-0.25, -0.2) is 0 Å². The van der Waals surface area contributed by atoms with Crippen LogP contribution in [0.15, 0.2) is 0 Å². The normalized spacial score (nSPS) is 16.6. The van der Waals surface area contributed by atoms with E-state index in [2.05, 4.69) is 65.9 Å². The molecule has 0 aliphatic heterocycles. The highest BCUT2D eigenvalue weighted by Crippen LogP contribution is 2.21. The van der Waals surface area contributed by atoms with E-state index in [1.165, 1.54) is 12.8 Å². The summed E-state index contributed by atoms with van der Waals surface area (Å²) in [6.45, 7) is 15.0. The lowest BCUT2D eigenvalue weighted by molar-refractivity contribution is 0.255. The summed E-state index contributed by atoms with van der Waals surface area (Å²) in [6.07, 6.45) is 2.55. The fraction of sp³-hybridized carbons (Fsp3) is 1.00. The molecule has 0 fully saturated rings. The molecule has 0 heterocycles. The van der Waals surface area contributed by atoms with Gasteiger partial charge in [0.25, 0.3) is 0 Å². The Kier molecular flexibility index (Phi) is 7.34. The quantitative estimate of drug-likeness (QED) is 0.736. The molecular formula is C15H34N2. The van der Waals surface area contributed by atoms with Crippen LogP contribution in [-0.2, 0) is 0 Å². The molecule has 0 aromatic carbocycles. The Morgan fingerprint density at radius 2 is 1.59 bits per heavy atom. The second kappa shape index (κ2) is 7.38. The molecule has 2 nitrogen and oxygen atoms in total. The molecule has 0 aromatic rings. The van der Waals surface area contributed by atoms with Gasteiger partial charge in [0.2, 0.25) is 0 Å². The lowest BCUT2D eigenvalue weighted by Gasteiger charge is -2.30. The number of nitrogens with zero attached hydrogens (tertiary/aromatic N) is 1. The predicted octanol–water partition coefficient (Wildman–Crippen LogP) is 3.38. The zero-order valence-electron chi connectivity index (χ0n) is 13.3. The van der Waals surface area contributed by atoms with Crippen LogP contribution >= 0.6 is 0 Å². The minimum atomic E-state index is 0.449. The van der Waals surface area contributed by atoms with Crippen LogP contribution in [0.5, 0.6) is 0 Å². The largest absolute Gasteiger partial charge is 0.310 e. The second-order valence-corrected chi connectivity index (χ2v) is 7.28. The Balaban J connectivity index is 4.08. The fourth-order valence-electron chi connectivity index (χ4n) is 1.95. The van der Waals surface area contributed by atoms with Gasteiger partial charge in [-0.1, -0.05) is 34.6 Å². The number of nitrogens with one attached hydrogen (secondary N) is 1. The molecular weight excluding hydrogens is 208 g/mol. The Morgan fingerprint density at radius 1 is 1.06 bits per heavy atom. The van der Waals surface area contributed by atoms with Crippen LogP contribution < -0.4 is 5.32 Å². The van der Waals surface area contributed by atoms with Crippen molar-refractivity contribution in [1.29, 1.82) is 0 Å². The van der Waals surface area contributed by atoms with E-state index < -0.39 is 0 Å². The topological polar surface area (TPSA) is 15.3 Å². The van der Waals surface area contributed by atoms with E-state index in [-0.39, 0.29) is 0 Å². The van der Waals surface area contributed by atoms with Crippen molar-refractivity contribution in [1.82, 2.24) is 10.2 Å². The van der Waals surface area contributed by atoms with Gasteiger partial charge in [0.15, 0.2) is 0 Å². The second-order valence-electron chi connectivity index (χ2n) is 7.28. The molecule has 0 aromatic heterocycles. The molecule has 17 heavy (non-hydrogen) atoms. The highest BCUT2D eigenvalue weighted by atomic mass is 15.1. The lowest BCUT2D eigenvalue weighted by Crippen LogP contribution is -2.46. The summed E-state index contributed by atoms with van der Waals surface area (Å²) in [7, 11) is 4.30. The standard InChI is InChI=1S/C15H34N2/c1-12(2)14(11-17(7)8)16-13(3)9-10-15(4,5)6/h12-14,16H,9-11H2,1-8H3. The minimum Gasteiger partial charge on any atom is -0.310 e. The molecule has 2 unspecified atom stereocenters. The Hall–Kier alpha value is -0.0800. The van der Waals surface area contributed by atoms with Gasteiger partial charge in [-0.05, 0) is 45.2 Å². The first-order valence-corrected chi connectivity index (χ1v) is 7.02. The summed E-state index contributed by atoms with van der Waals surface area (Å²) < 4.78 is 0. The zero-order valence-corrected chi connectivity index (χ0v) is 13.3. The van der Waals surface area contributed by atoms with Crippen LogP contribution in [0.25, 0.3) is 0 Å². The van der Waals surface area contributed by atoms with E-state index in [9.17, 15) is 0 Å². The van der Waals surface area contributed by atoms with E-state index >= 15 is 0 Å². The van der Waals surface area contributed by atoms with Crippen molar-refractivity contribution in [2.75, 3.05) is 20.6 Å². The van der Waals surface area contributed by atoms with Gasteiger partial charge < -0.3 is 10.2 Å². The Bertz CT molecular complexity index is 192. The molecule has 0 aliphatic carbocycles. The van der Waals surface area contributed by atoms with Crippen LogP contribution in [0.1, 0.15) is 54.4 Å². The zero-order chi connectivity index (χ0) is 13.6. The van der Waals surface area contributed by atoms with Gasteiger partial charge in [0.1, 0.15) is 0 Å². The van der Waals surface area contributed by atoms with Crippen molar-refractivity contribution in [3.05, 3.63) is 0 Å². The SMILES string of the molecule is CC(CCC(C)(C)C)NC(CN(C)C)C(C)C. The molecule has 104 valence electrons. The summed E-state index contributed by atoms with van der Waals surface area (Å²) >= 11 is 0. The summed E-state index contributed by atoms with van der Waals surface area (Å²) in [5.74, 6) is 0.689. The summed E-state index contributed by atoms with van der Waals surface area (Å²) in [5.41, 5.74) is 0.449. The van der Waals surface area contributed by atoms with Gasteiger partial charge in [0, 0.05) is 18.6 Å². The minimum absolute atomic E-state index is 0.449. The molecule has 0 amide bonds. The molecule has 2 heteroatoms. The number of likely N-dealkylation sites (N-methyl/N-ethyl adjacent to an activating group) is 1. The average Bonchev–Trinajstić information content (AvgIpc) is 2.11. The number of hydrogen-bond acceptors (Lipinski definition) is 2. The molecule has 2 atom stereocenters. The molecule has 0 radical (unpaired) electrons. The van der Waals surface area contributed by atoms with Gasteiger partial charge in [-0.2, -0.15) is 0 Å². The smallest absolute Gasteiger partial charge is 0.0220 e. The van der Waals surface area contributed by atoms with Crippen molar-refractivity contribution in [3.63, 3.8) is 0 Å². The molecule has 0 saturated heterocycles. The summed E-state index contributed by atoms with van der Waals surface area (Å²) in [4.78, 5) is 2.27. The monoisotopic (exact) mass is 242 g/mol. The molecule has 1 N–H and O–H groups in total. The van der Waals surface area contributed by atoms with Crippen LogP contribution in [0.3, 0.4) is 0 Å². The molecule has 0 rings (SSSR count). The van der Waals surface area contributed by atoms with Gasteiger partial charge in [-0.15, -0.1) is 0 Å². The predicted molar refractivity (Wildman–Crippen MR) is 78.5 cm³/mol. The van der Waals surface area contributed by atoms with Crippen molar-refractivity contribution in [2.45, 2.75) is 66.5 Å². The van der Waals surface area contributed by atoms with Crippen molar-refractivity contribution < 1.29 is 0 Å². The van der Waals surface area contributed by atoms with Gasteiger partial charge in [-0.3, -0.25) is 0 Å². The summed E-state index contributed by atoms with van der Waals surface area (Å²) in [6, 6.07) is 1.21. The Morgan fingerprint density at radius 3 is 1.94 bits per heavy atom. The molecule has 0 bridgehead atoms. The van der Waals surface area contributed by atoms with Crippen LogP contribution in [0.4, 0.5) is 0 Å². The van der Waals surface area contributed by atoms with Gasteiger partial charge >= 0.3 is 0 Å². The van der Waals surface area contributed by atoms with E-state index in [0.29, 0.717) is 23.4 Å². The third-order valence-corrected chi connectivity index (χ3v) is 3.19. The van der Waals surface area contributed by atoms with E-state index in [4.69, 9.17) is 0 Å². The maximum absolute atomic E-state index is 3.78. The van der Waals surface area contributed by atoms with E-state index in [0.717, 1.165) is 6.54 Å². The molecule has 0 spiro atoms. The van der Waals surface area contributed by atoms with Crippen molar-refractivity contribution in [2.24, 2.45) is 11.3 Å².